The van der Waals surface area contributed by atoms with Crippen LogP contribution < -0.4 is 15.0 Å². The summed E-state index contributed by atoms with van der Waals surface area (Å²) in [4.78, 5) is 23.4. The van der Waals surface area contributed by atoms with Crippen molar-refractivity contribution in [2.24, 2.45) is 11.8 Å². The van der Waals surface area contributed by atoms with E-state index in [0.29, 0.717) is 24.4 Å². The first-order valence-electron chi connectivity index (χ1n) is 13.6. The molecule has 0 saturated carbocycles. The predicted octanol–water partition coefficient (Wildman–Crippen LogP) is 2.85. The van der Waals surface area contributed by atoms with E-state index in [-0.39, 0.29) is 30.4 Å². The van der Waals surface area contributed by atoms with E-state index >= 15 is 0 Å². The monoisotopic (exact) mass is 542 g/mol. The second kappa shape index (κ2) is 13.6. The smallest absolute Gasteiger partial charge is 0.251 e. The Morgan fingerprint density at radius 1 is 1.18 bits per heavy atom. The number of ether oxygens (including phenoxy) is 1. The second-order valence-corrected chi connectivity index (χ2v) is 11.3. The van der Waals surface area contributed by atoms with E-state index in [1.54, 1.807) is 19.1 Å². The topological polar surface area (TPSA) is 97.7 Å². The number of para-hydroxylation sites is 1. The van der Waals surface area contributed by atoms with Gasteiger partial charge in [-0.05, 0) is 50.7 Å². The molecule has 9 heteroatoms. The molecular weight excluding hydrogens is 496 g/mol. The van der Waals surface area contributed by atoms with Gasteiger partial charge in [0.05, 0.1) is 26.4 Å². The van der Waals surface area contributed by atoms with Gasteiger partial charge in [-0.15, -0.1) is 0 Å². The van der Waals surface area contributed by atoms with Gasteiger partial charge in [0.25, 0.3) is 5.91 Å². The molecule has 0 radical (unpaired) electrons. The number of amides is 1. The van der Waals surface area contributed by atoms with Gasteiger partial charge in [-0.25, -0.2) is 0 Å². The summed E-state index contributed by atoms with van der Waals surface area (Å²) in [5.41, 5.74) is 4.14. The zero-order chi connectivity index (χ0) is 28.9. The number of nitrogens with zero attached hydrogens (tertiary/aromatic N) is 3. The summed E-state index contributed by atoms with van der Waals surface area (Å²) in [6.07, 6.45) is -1.04. The van der Waals surface area contributed by atoms with Crippen molar-refractivity contribution in [1.82, 2.24) is 15.3 Å². The molecular formula is C30H46N4O5. The van der Waals surface area contributed by atoms with Gasteiger partial charge in [0.1, 0.15) is 11.9 Å². The molecule has 0 spiro atoms. The lowest BCUT2D eigenvalue weighted by molar-refractivity contribution is -0.165. The number of carbonyl (C=O) groups excluding carboxylic acids is 1. The fraction of sp³-hybridized carbons (Fsp3) is 0.567. The molecule has 1 aliphatic heterocycles. The van der Waals surface area contributed by atoms with Crippen LogP contribution in [0.2, 0.25) is 0 Å². The number of aliphatic hydroxyl groups excluding tert-OH is 2. The summed E-state index contributed by atoms with van der Waals surface area (Å²) in [5, 5.41) is 24.8. The Balaban J connectivity index is 1.96. The zero-order valence-electron chi connectivity index (χ0n) is 24.6. The van der Waals surface area contributed by atoms with E-state index in [0.717, 1.165) is 28.9 Å². The van der Waals surface area contributed by atoms with Crippen LogP contribution in [0, 0.1) is 11.8 Å². The average molecular weight is 543 g/mol. The first-order chi connectivity index (χ1) is 18.4. The number of rotatable bonds is 12. The minimum absolute atomic E-state index is 0.0190. The predicted molar refractivity (Wildman–Crippen MR) is 155 cm³/mol. The van der Waals surface area contributed by atoms with Crippen LogP contribution in [0.5, 0.6) is 5.75 Å². The maximum atomic E-state index is 13.5. The molecule has 3 N–H and O–H groups in total. The van der Waals surface area contributed by atoms with Crippen LogP contribution in [0.3, 0.4) is 0 Å². The quantitative estimate of drug-likeness (QED) is 0.377. The normalized spacial score (nSPS) is 19.4. The summed E-state index contributed by atoms with van der Waals surface area (Å²) < 4.78 is 5.91. The third kappa shape index (κ3) is 7.70. The van der Waals surface area contributed by atoms with Crippen molar-refractivity contribution in [2.75, 3.05) is 59.9 Å². The number of methoxy groups -OCH3 is 1. The van der Waals surface area contributed by atoms with Gasteiger partial charge >= 0.3 is 0 Å². The first-order valence-corrected chi connectivity index (χ1v) is 13.6. The Morgan fingerprint density at radius 2 is 1.90 bits per heavy atom. The number of hydroxylamine groups is 2. The summed E-state index contributed by atoms with van der Waals surface area (Å²) in [6.45, 7) is 7.48. The van der Waals surface area contributed by atoms with Crippen LogP contribution >= 0.6 is 0 Å². The largest absolute Gasteiger partial charge is 0.496 e. The lowest BCUT2D eigenvalue weighted by Crippen LogP contribution is -2.45. The maximum Gasteiger partial charge on any atom is 0.251 e. The van der Waals surface area contributed by atoms with Crippen LogP contribution in [0.1, 0.15) is 36.7 Å². The number of hydrogen-bond donors (Lipinski definition) is 3. The molecule has 1 fully saturated rings. The van der Waals surface area contributed by atoms with Gasteiger partial charge in [-0.2, -0.15) is 5.06 Å². The number of aliphatic hydroxyl groups is 2. The van der Waals surface area contributed by atoms with Crippen LogP contribution in [-0.4, -0.2) is 99.3 Å². The van der Waals surface area contributed by atoms with Crippen LogP contribution in [0.25, 0.3) is 11.1 Å². The second-order valence-electron chi connectivity index (χ2n) is 11.3. The SMILES string of the molecule is COc1c(CN2C[C@@H]([C@H](C)O)[C@H](CO)O2)cccc1-c1cc(C(=O)N[C@@H](CN(C)C)C(C)C)cc(N(C)C)c1. The maximum absolute atomic E-state index is 13.5. The highest BCUT2D eigenvalue weighted by Crippen LogP contribution is 2.37. The Morgan fingerprint density at radius 3 is 2.44 bits per heavy atom. The van der Waals surface area contributed by atoms with Crippen molar-refractivity contribution < 1.29 is 24.6 Å². The summed E-state index contributed by atoms with van der Waals surface area (Å²) in [7, 11) is 9.57. The van der Waals surface area contributed by atoms with Gasteiger partial charge in [0.2, 0.25) is 0 Å². The van der Waals surface area contributed by atoms with Crippen molar-refractivity contribution in [1.29, 1.82) is 0 Å². The molecule has 1 saturated heterocycles. The van der Waals surface area contributed by atoms with Gasteiger partial charge < -0.3 is 30.1 Å². The van der Waals surface area contributed by atoms with Crippen molar-refractivity contribution in [3.63, 3.8) is 0 Å². The molecule has 1 heterocycles. The summed E-state index contributed by atoms with van der Waals surface area (Å²) in [6, 6.07) is 11.8. The highest BCUT2D eigenvalue weighted by atomic mass is 16.7. The third-order valence-corrected chi connectivity index (χ3v) is 7.31. The van der Waals surface area contributed by atoms with Gasteiger partial charge in [-0.3, -0.25) is 9.63 Å². The Hall–Kier alpha value is -2.69. The standard InChI is InChI=1S/C30H46N4O5/c1-19(2)27(17-32(4)5)31-30(37)23-12-22(13-24(14-23)33(6)7)25-11-9-10-21(29(25)38-8)15-34-16-26(20(3)36)28(18-35)39-34/h9-14,19-20,26-28,35-36H,15-18H2,1-8H3,(H,31,37)/t20-,26-,27-,28-/m0/s1. The van der Waals surface area contributed by atoms with E-state index < -0.39 is 12.2 Å². The fourth-order valence-corrected chi connectivity index (χ4v) is 4.99. The van der Waals surface area contributed by atoms with Crippen molar-refractivity contribution in [3.05, 3.63) is 47.5 Å². The lowest BCUT2D eigenvalue weighted by Gasteiger charge is -2.26. The molecule has 0 aromatic heterocycles. The third-order valence-electron chi connectivity index (χ3n) is 7.31. The number of nitrogens with one attached hydrogen (secondary N) is 1. The van der Waals surface area contributed by atoms with E-state index in [2.05, 4.69) is 30.1 Å². The molecule has 0 unspecified atom stereocenters. The highest BCUT2D eigenvalue weighted by Gasteiger charge is 2.37. The van der Waals surface area contributed by atoms with Gasteiger partial charge in [0.15, 0.2) is 0 Å². The molecule has 216 valence electrons. The number of hydrogen-bond acceptors (Lipinski definition) is 8. The van der Waals surface area contributed by atoms with E-state index in [4.69, 9.17) is 9.57 Å². The molecule has 1 aliphatic rings. The van der Waals surface area contributed by atoms with Crippen molar-refractivity contribution in [2.45, 2.75) is 45.6 Å². The Labute approximate surface area is 233 Å². The number of carbonyl (C=O) groups is 1. The molecule has 0 aliphatic carbocycles. The molecule has 4 atom stereocenters. The van der Waals surface area contributed by atoms with Crippen LogP contribution in [-0.2, 0) is 11.4 Å². The first kappa shape index (κ1) is 30.8. The number of benzene rings is 2. The molecule has 2 aromatic carbocycles. The van der Waals surface area contributed by atoms with Crippen LogP contribution in [0.15, 0.2) is 36.4 Å². The molecule has 9 nitrogen and oxygen atoms in total. The minimum atomic E-state index is -0.591. The summed E-state index contributed by atoms with van der Waals surface area (Å²) in [5.74, 6) is 0.692. The van der Waals surface area contributed by atoms with Crippen LogP contribution in [0.4, 0.5) is 5.69 Å². The molecule has 2 aromatic rings. The summed E-state index contributed by atoms with van der Waals surface area (Å²) >= 11 is 0. The number of anilines is 1. The average Bonchev–Trinajstić information content (AvgIpc) is 3.30. The number of likely N-dealkylation sites (N-methyl/N-ethyl adjacent to an activating group) is 1. The molecule has 1 amide bonds. The lowest BCUT2D eigenvalue weighted by atomic mass is 9.97. The fourth-order valence-electron chi connectivity index (χ4n) is 4.99. The highest BCUT2D eigenvalue weighted by molar-refractivity contribution is 5.97. The van der Waals surface area contributed by atoms with Crippen molar-refractivity contribution in [3.8, 4) is 16.9 Å². The van der Waals surface area contributed by atoms with Gasteiger partial charge in [-0.1, -0.05) is 32.0 Å². The molecule has 3 rings (SSSR count). The molecule has 0 bridgehead atoms. The molecule has 39 heavy (non-hydrogen) atoms. The Bertz CT molecular complexity index is 1100. The minimum Gasteiger partial charge on any atom is -0.496 e. The zero-order valence-corrected chi connectivity index (χ0v) is 24.6. The van der Waals surface area contributed by atoms with E-state index in [1.165, 1.54) is 0 Å². The van der Waals surface area contributed by atoms with Gasteiger partial charge in [0, 0.05) is 61.5 Å². The Kier molecular flexibility index (Phi) is 10.7. The van der Waals surface area contributed by atoms with E-state index in [9.17, 15) is 15.0 Å². The van der Waals surface area contributed by atoms with E-state index in [1.807, 2.05) is 63.4 Å². The van der Waals surface area contributed by atoms with Crippen molar-refractivity contribution >= 4 is 11.6 Å².